The fourth-order valence-corrected chi connectivity index (χ4v) is 5.03. The first-order valence-electron chi connectivity index (χ1n) is 10.3. The van der Waals surface area contributed by atoms with Crippen molar-refractivity contribution in [1.82, 2.24) is 0 Å². The number of sulfonamides is 1. The molecule has 0 saturated carbocycles. The molecule has 34 heavy (non-hydrogen) atoms. The lowest BCUT2D eigenvalue weighted by atomic mass is 10.2. The smallest absolute Gasteiger partial charge is 0.310 e. The van der Waals surface area contributed by atoms with Crippen LogP contribution in [0.1, 0.15) is 6.92 Å². The van der Waals surface area contributed by atoms with Crippen LogP contribution in [0.5, 0.6) is 11.5 Å². The van der Waals surface area contributed by atoms with E-state index in [-0.39, 0.29) is 29.0 Å². The maximum atomic E-state index is 13.3. The standard InChI is InChI=1S/C23H21N3O7S/c1-16-14-25(19-6-2-5-9-22(19)33-16)34(30,31)18-12-10-17(11-13-18)24-23(27)15-32-21-8-4-3-7-20(21)26(28)29/h2-13,16H,14-15H2,1H3,(H,24,27)/t16-/m1/s1. The summed E-state index contributed by atoms with van der Waals surface area (Å²) in [6.07, 6.45) is -0.316. The van der Waals surface area contributed by atoms with Crippen molar-refractivity contribution in [3.8, 4) is 11.5 Å². The van der Waals surface area contributed by atoms with Gasteiger partial charge in [0.2, 0.25) is 0 Å². The van der Waals surface area contributed by atoms with Crippen LogP contribution in [-0.4, -0.2) is 38.5 Å². The second kappa shape index (κ2) is 9.40. The van der Waals surface area contributed by atoms with Gasteiger partial charge in [-0.2, -0.15) is 0 Å². The Morgan fingerprint density at radius 2 is 1.79 bits per heavy atom. The van der Waals surface area contributed by atoms with Gasteiger partial charge in [0.15, 0.2) is 12.4 Å². The number of nitro benzene ring substituents is 1. The molecule has 0 aliphatic carbocycles. The molecule has 0 radical (unpaired) electrons. The molecule has 176 valence electrons. The fraction of sp³-hybridized carbons (Fsp3) is 0.174. The summed E-state index contributed by atoms with van der Waals surface area (Å²) >= 11 is 0. The van der Waals surface area contributed by atoms with Crippen molar-refractivity contribution in [1.29, 1.82) is 0 Å². The number of rotatable bonds is 7. The van der Waals surface area contributed by atoms with Gasteiger partial charge >= 0.3 is 5.69 Å². The van der Waals surface area contributed by atoms with Gasteiger partial charge in [0.05, 0.1) is 22.1 Å². The number of para-hydroxylation sites is 4. The zero-order valence-corrected chi connectivity index (χ0v) is 18.9. The number of benzene rings is 3. The van der Waals surface area contributed by atoms with E-state index >= 15 is 0 Å². The van der Waals surface area contributed by atoms with Crippen LogP contribution in [0, 0.1) is 10.1 Å². The third kappa shape index (κ3) is 4.79. The molecule has 0 bridgehead atoms. The molecule has 1 amide bonds. The van der Waals surface area contributed by atoms with E-state index in [4.69, 9.17) is 9.47 Å². The lowest BCUT2D eigenvalue weighted by molar-refractivity contribution is -0.385. The van der Waals surface area contributed by atoms with Crippen molar-refractivity contribution in [3.63, 3.8) is 0 Å². The number of fused-ring (bicyclic) bond motifs is 1. The second-order valence-corrected chi connectivity index (χ2v) is 9.38. The Labute approximate surface area is 195 Å². The van der Waals surface area contributed by atoms with Crippen LogP contribution in [0.15, 0.2) is 77.7 Å². The van der Waals surface area contributed by atoms with Crippen LogP contribution in [0.2, 0.25) is 0 Å². The molecule has 1 N–H and O–H groups in total. The summed E-state index contributed by atoms with van der Waals surface area (Å²) in [4.78, 5) is 22.7. The maximum Gasteiger partial charge on any atom is 0.310 e. The van der Waals surface area contributed by atoms with Crippen molar-refractivity contribution >= 4 is 33.0 Å². The number of ether oxygens (including phenoxy) is 2. The summed E-state index contributed by atoms with van der Waals surface area (Å²) in [6, 6.07) is 18.4. The van der Waals surface area contributed by atoms with Gasteiger partial charge in [-0.3, -0.25) is 19.2 Å². The van der Waals surface area contributed by atoms with Gasteiger partial charge < -0.3 is 14.8 Å². The Hall–Kier alpha value is -4.12. The lowest BCUT2D eigenvalue weighted by Gasteiger charge is -2.34. The van der Waals surface area contributed by atoms with Gasteiger partial charge in [-0.15, -0.1) is 0 Å². The van der Waals surface area contributed by atoms with Gasteiger partial charge in [0, 0.05) is 11.8 Å². The molecular weight excluding hydrogens is 462 g/mol. The number of nitrogens with one attached hydrogen (secondary N) is 1. The number of carbonyl (C=O) groups excluding carboxylic acids is 1. The highest BCUT2D eigenvalue weighted by Crippen LogP contribution is 2.36. The van der Waals surface area contributed by atoms with Crippen LogP contribution < -0.4 is 19.1 Å². The molecule has 4 rings (SSSR count). The summed E-state index contributed by atoms with van der Waals surface area (Å²) in [5.74, 6) is -0.0823. The summed E-state index contributed by atoms with van der Waals surface area (Å²) in [7, 11) is -3.86. The molecule has 1 heterocycles. The van der Waals surface area contributed by atoms with Crippen molar-refractivity contribution in [2.24, 2.45) is 0 Å². The number of hydrogen-bond donors (Lipinski definition) is 1. The zero-order chi connectivity index (χ0) is 24.3. The largest absolute Gasteiger partial charge is 0.487 e. The van der Waals surface area contributed by atoms with E-state index in [1.807, 2.05) is 0 Å². The monoisotopic (exact) mass is 483 g/mol. The van der Waals surface area contributed by atoms with Crippen molar-refractivity contribution in [2.45, 2.75) is 17.9 Å². The number of hydrogen-bond acceptors (Lipinski definition) is 7. The maximum absolute atomic E-state index is 13.3. The summed E-state index contributed by atoms with van der Waals surface area (Å²) in [5.41, 5.74) is 0.569. The average Bonchev–Trinajstić information content (AvgIpc) is 2.82. The van der Waals surface area contributed by atoms with E-state index in [1.54, 1.807) is 37.3 Å². The molecule has 0 aromatic heterocycles. The number of nitro groups is 1. The summed E-state index contributed by atoms with van der Waals surface area (Å²) in [5, 5.41) is 13.6. The lowest BCUT2D eigenvalue weighted by Crippen LogP contribution is -2.42. The Morgan fingerprint density at radius 1 is 1.12 bits per heavy atom. The van der Waals surface area contributed by atoms with Crippen LogP contribution in [0.25, 0.3) is 0 Å². The van der Waals surface area contributed by atoms with Gasteiger partial charge in [0.1, 0.15) is 11.9 Å². The average molecular weight is 484 g/mol. The molecule has 0 saturated heterocycles. The number of anilines is 2. The highest BCUT2D eigenvalue weighted by molar-refractivity contribution is 7.92. The van der Waals surface area contributed by atoms with E-state index in [9.17, 15) is 23.3 Å². The molecule has 1 aliphatic rings. The minimum atomic E-state index is -3.86. The topological polar surface area (TPSA) is 128 Å². The Balaban J connectivity index is 1.44. The van der Waals surface area contributed by atoms with E-state index in [1.165, 1.54) is 46.8 Å². The fourth-order valence-electron chi connectivity index (χ4n) is 3.48. The first kappa shape index (κ1) is 23.1. The summed E-state index contributed by atoms with van der Waals surface area (Å²) < 4.78 is 38.9. The molecule has 1 aliphatic heterocycles. The molecule has 0 unspecified atom stereocenters. The molecule has 1 atom stereocenters. The van der Waals surface area contributed by atoms with Crippen molar-refractivity contribution < 1.29 is 27.6 Å². The minimum absolute atomic E-state index is 0.0240. The van der Waals surface area contributed by atoms with Gasteiger partial charge in [0.25, 0.3) is 15.9 Å². The quantitative estimate of drug-likeness (QED) is 0.402. The zero-order valence-electron chi connectivity index (χ0n) is 18.1. The molecule has 3 aromatic carbocycles. The third-order valence-corrected chi connectivity index (χ3v) is 6.83. The highest BCUT2D eigenvalue weighted by atomic mass is 32.2. The van der Waals surface area contributed by atoms with E-state index < -0.39 is 27.5 Å². The molecule has 3 aromatic rings. The number of carbonyl (C=O) groups is 1. The number of amides is 1. The SMILES string of the molecule is C[C@@H]1CN(S(=O)(=O)c2ccc(NC(=O)COc3ccccc3[N+](=O)[O-])cc2)c2ccccc2O1. The predicted octanol–water partition coefficient (Wildman–Crippen LogP) is 3.59. The molecule has 10 nitrogen and oxygen atoms in total. The van der Waals surface area contributed by atoms with E-state index in [2.05, 4.69) is 5.32 Å². The minimum Gasteiger partial charge on any atom is -0.487 e. The van der Waals surface area contributed by atoms with Gasteiger partial charge in [-0.05, 0) is 49.4 Å². The Morgan fingerprint density at radius 3 is 2.53 bits per heavy atom. The van der Waals surface area contributed by atoms with Gasteiger partial charge in [-0.25, -0.2) is 8.42 Å². The van der Waals surface area contributed by atoms with Crippen molar-refractivity contribution in [2.75, 3.05) is 22.8 Å². The predicted molar refractivity (Wildman–Crippen MR) is 125 cm³/mol. The highest BCUT2D eigenvalue weighted by Gasteiger charge is 2.32. The van der Waals surface area contributed by atoms with Crippen LogP contribution in [0.3, 0.4) is 0 Å². The van der Waals surface area contributed by atoms with Crippen LogP contribution in [0.4, 0.5) is 17.1 Å². The molecule has 0 fully saturated rings. The van der Waals surface area contributed by atoms with Gasteiger partial charge in [-0.1, -0.05) is 24.3 Å². The second-order valence-electron chi connectivity index (χ2n) is 7.52. The molecule has 11 heteroatoms. The van der Waals surface area contributed by atoms with Crippen molar-refractivity contribution in [3.05, 3.63) is 82.9 Å². The molecular formula is C23H21N3O7S. The first-order chi connectivity index (χ1) is 16.3. The van der Waals surface area contributed by atoms with Crippen LogP contribution in [-0.2, 0) is 14.8 Å². The van der Waals surface area contributed by atoms with E-state index in [0.717, 1.165) is 0 Å². The number of nitrogens with zero attached hydrogens (tertiary/aromatic N) is 2. The Bertz CT molecular complexity index is 1330. The Kier molecular flexibility index (Phi) is 6.37. The third-order valence-electron chi connectivity index (χ3n) is 5.03. The van der Waals surface area contributed by atoms with E-state index in [0.29, 0.717) is 17.1 Å². The first-order valence-corrected chi connectivity index (χ1v) is 11.7. The normalized spacial score (nSPS) is 15.1. The molecule has 0 spiro atoms. The van der Waals surface area contributed by atoms with Crippen LogP contribution >= 0.6 is 0 Å². The summed E-state index contributed by atoms with van der Waals surface area (Å²) in [6.45, 7) is 1.51.